The number of aromatic amines is 1. The van der Waals surface area contributed by atoms with E-state index in [0.717, 1.165) is 19.3 Å². The highest BCUT2D eigenvalue weighted by atomic mass is 35.5. The fourth-order valence-corrected chi connectivity index (χ4v) is 1.89. The van der Waals surface area contributed by atoms with Crippen LogP contribution in [0.25, 0.3) is 0 Å². The van der Waals surface area contributed by atoms with Crippen LogP contribution in [0.3, 0.4) is 0 Å². The molecule has 0 bridgehead atoms. The number of aromatic nitrogens is 2. The van der Waals surface area contributed by atoms with E-state index in [2.05, 4.69) is 4.98 Å². The summed E-state index contributed by atoms with van der Waals surface area (Å²) in [7, 11) is 0. The Balaban J connectivity index is 2.48. The van der Waals surface area contributed by atoms with Gasteiger partial charge in [0.05, 0.1) is 6.04 Å². The fraction of sp³-hybridized carbons (Fsp3) is 0.400. The molecule has 1 aromatic heterocycles. The molecule has 0 aromatic carbocycles. The first-order valence-corrected chi connectivity index (χ1v) is 5.24. The molecule has 1 heterocycles. The summed E-state index contributed by atoms with van der Waals surface area (Å²) in [5.41, 5.74) is -0.932. The minimum absolute atomic E-state index is 0.0144. The molecule has 0 saturated heterocycles. The zero-order valence-electron chi connectivity index (χ0n) is 8.07. The number of hydrogen-bond acceptors (Lipinski definition) is 2. The molecule has 0 radical (unpaired) electrons. The Morgan fingerprint density at radius 3 is 2.93 bits per heavy atom. The van der Waals surface area contributed by atoms with E-state index in [0.29, 0.717) is 0 Å². The fourth-order valence-electron chi connectivity index (χ4n) is 1.73. The number of nitrogens with zero attached hydrogens (tertiary/aromatic N) is 1. The number of nitrogens with one attached hydrogen (secondary N) is 1. The van der Waals surface area contributed by atoms with E-state index in [-0.39, 0.29) is 11.1 Å². The van der Waals surface area contributed by atoms with E-state index < -0.39 is 11.2 Å². The lowest BCUT2D eigenvalue weighted by molar-refractivity contribution is 0.495. The van der Waals surface area contributed by atoms with Crippen LogP contribution in [0.4, 0.5) is 0 Å². The Morgan fingerprint density at radius 1 is 1.47 bits per heavy atom. The summed E-state index contributed by atoms with van der Waals surface area (Å²) in [5, 5.41) is 0.0496. The average molecular weight is 227 g/mol. The molecular weight excluding hydrogens is 216 g/mol. The van der Waals surface area contributed by atoms with Gasteiger partial charge in [-0.25, -0.2) is 4.79 Å². The molecule has 0 saturated carbocycles. The lowest BCUT2D eigenvalue weighted by Crippen LogP contribution is -2.32. The van der Waals surface area contributed by atoms with Crippen molar-refractivity contribution in [1.82, 2.24) is 9.55 Å². The van der Waals surface area contributed by atoms with Crippen molar-refractivity contribution >= 4 is 11.6 Å². The van der Waals surface area contributed by atoms with Crippen LogP contribution in [0.15, 0.2) is 27.9 Å². The maximum atomic E-state index is 11.5. The quantitative estimate of drug-likeness (QED) is 0.738. The van der Waals surface area contributed by atoms with Gasteiger partial charge in [0.25, 0.3) is 5.56 Å². The molecule has 1 unspecified atom stereocenters. The number of hydrogen-bond donors (Lipinski definition) is 1. The van der Waals surface area contributed by atoms with Crippen molar-refractivity contribution < 1.29 is 0 Å². The molecule has 4 nitrogen and oxygen atoms in total. The lowest BCUT2D eigenvalue weighted by atomic mass is 10.0. The van der Waals surface area contributed by atoms with E-state index in [1.165, 1.54) is 10.8 Å². The van der Waals surface area contributed by atoms with Crippen LogP contribution in [0.2, 0.25) is 5.02 Å². The Hall–Kier alpha value is -1.29. The second-order valence-electron chi connectivity index (χ2n) is 3.57. The van der Waals surface area contributed by atoms with Crippen molar-refractivity contribution in [1.29, 1.82) is 0 Å². The highest BCUT2D eigenvalue weighted by Crippen LogP contribution is 2.20. The Bertz CT molecular complexity index is 501. The maximum absolute atomic E-state index is 11.5. The summed E-state index contributed by atoms with van der Waals surface area (Å²) >= 11 is 5.68. The third-order valence-electron chi connectivity index (χ3n) is 2.51. The largest absolute Gasteiger partial charge is 0.328 e. The predicted octanol–water partition coefficient (Wildman–Crippen LogP) is 1.47. The van der Waals surface area contributed by atoms with E-state index in [1.807, 2.05) is 12.2 Å². The smallest absolute Gasteiger partial charge is 0.292 e. The Labute approximate surface area is 91.2 Å². The van der Waals surface area contributed by atoms with Crippen LogP contribution in [0, 0.1) is 0 Å². The SMILES string of the molecule is O=c1[nH]c(=O)n(C2C=CCCC2)cc1Cl. The normalized spacial score (nSPS) is 20.5. The standard InChI is InChI=1S/C10H11ClN2O2/c11-8-6-13(10(15)12-9(8)14)7-4-2-1-3-5-7/h2,4,6-7H,1,3,5H2,(H,12,14,15). The van der Waals surface area contributed by atoms with Gasteiger partial charge in [-0.3, -0.25) is 14.3 Å². The Morgan fingerprint density at radius 2 is 2.27 bits per heavy atom. The minimum Gasteiger partial charge on any atom is -0.292 e. The summed E-state index contributed by atoms with van der Waals surface area (Å²) in [6.45, 7) is 0. The summed E-state index contributed by atoms with van der Waals surface area (Å²) in [5.74, 6) is 0. The maximum Gasteiger partial charge on any atom is 0.328 e. The van der Waals surface area contributed by atoms with Gasteiger partial charge >= 0.3 is 5.69 Å². The Kier molecular flexibility index (Phi) is 2.77. The van der Waals surface area contributed by atoms with Gasteiger partial charge in [-0.05, 0) is 19.3 Å². The van der Waals surface area contributed by atoms with E-state index in [4.69, 9.17) is 11.6 Å². The highest BCUT2D eigenvalue weighted by Gasteiger charge is 2.13. The molecule has 1 aliphatic carbocycles. The van der Waals surface area contributed by atoms with E-state index in [1.54, 1.807) is 0 Å². The molecule has 1 aliphatic rings. The summed E-state index contributed by atoms with van der Waals surface area (Å²) < 4.78 is 1.47. The van der Waals surface area contributed by atoms with Gasteiger partial charge < -0.3 is 0 Å². The zero-order chi connectivity index (χ0) is 10.8. The number of allylic oxidation sites excluding steroid dienone is 2. The molecule has 1 N–H and O–H groups in total. The first-order valence-electron chi connectivity index (χ1n) is 4.86. The van der Waals surface area contributed by atoms with Crippen molar-refractivity contribution in [3.63, 3.8) is 0 Å². The molecule has 80 valence electrons. The van der Waals surface area contributed by atoms with Crippen LogP contribution >= 0.6 is 11.6 Å². The predicted molar refractivity (Wildman–Crippen MR) is 58.4 cm³/mol. The number of rotatable bonds is 1. The van der Waals surface area contributed by atoms with Crippen molar-refractivity contribution in [3.05, 3.63) is 44.2 Å². The van der Waals surface area contributed by atoms with Crippen molar-refractivity contribution in [2.24, 2.45) is 0 Å². The third kappa shape index (κ3) is 2.04. The first-order chi connectivity index (χ1) is 7.18. The number of halogens is 1. The van der Waals surface area contributed by atoms with Crippen LogP contribution in [-0.4, -0.2) is 9.55 Å². The molecule has 0 amide bonds. The lowest BCUT2D eigenvalue weighted by Gasteiger charge is -2.18. The molecule has 15 heavy (non-hydrogen) atoms. The van der Waals surface area contributed by atoms with Gasteiger partial charge in [-0.2, -0.15) is 0 Å². The monoisotopic (exact) mass is 226 g/mol. The molecular formula is C10H11ClN2O2. The molecule has 1 atom stereocenters. The second kappa shape index (κ2) is 4.06. The second-order valence-corrected chi connectivity index (χ2v) is 3.98. The first kappa shape index (κ1) is 10.2. The van der Waals surface area contributed by atoms with Gasteiger partial charge in [0, 0.05) is 6.20 Å². The minimum atomic E-state index is -0.530. The summed E-state index contributed by atoms with van der Waals surface area (Å²) in [4.78, 5) is 24.8. The molecule has 5 heteroatoms. The highest BCUT2D eigenvalue weighted by molar-refractivity contribution is 6.30. The van der Waals surface area contributed by atoms with E-state index in [9.17, 15) is 9.59 Å². The van der Waals surface area contributed by atoms with Crippen LogP contribution < -0.4 is 11.2 Å². The van der Waals surface area contributed by atoms with Gasteiger partial charge in [-0.15, -0.1) is 0 Å². The van der Waals surface area contributed by atoms with Gasteiger partial charge in [0.1, 0.15) is 5.02 Å². The van der Waals surface area contributed by atoms with Crippen LogP contribution in [-0.2, 0) is 0 Å². The topological polar surface area (TPSA) is 54.9 Å². The van der Waals surface area contributed by atoms with Crippen LogP contribution in [0.5, 0.6) is 0 Å². The molecule has 0 fully saturated rings. The number of H-pyrrole nitrogens is 1. The average Bonchev–Trinajstić information content (AvgIpc) is 2.25. The summed E-state index contributed by atoms with van der Waals surface area (Å²) in [6, 6.07) is 0.0144. The van der Waals surface area contributed by atoms with Crippen molar-refractivity contribution in [3.8, 4) is 0 Å². The van der Waals surface area contributed by atoms with Crippen molar-refractivity contribution in [2.75, 3.05) is 0 Å². The third-order valence-corrected chi connectivity index (χ3v) is 2.78. The van der Waals surface area contributed by atoms with Gasteiger partial charge in [-0.1, -0.05) is 23.8 Å². The molecule has 0 aliphatic heterocycles. The van der Waals surface area contributed by atoms with E-state index >= 15 is 0 Å². The van der Waals surface area contributed by atoms with Gasteiger partial charge in [0.2, 0.25) is 0 Å². The molecule has 0 spiro atoms. The molecule has 1 aromatic rings. The zero-order valence-corrected chi connectivity index (χ0v) is 8.83. The molecule has 2 rings (SSSR count). The summed E-state index contributed by atoms with van der Waals surface area (Å²) in [6.07, 6.45) is 8.41. The van der Waals surface area contributed by atoms with Crippen molar-refractivity contribution in [2.45, 2.75) is 25.3 Å². The van der Waals surface area contributed by atoms with Gasteiger partial charge in [0.15, 0.2) is 0 Å². The van der Waals surface area contributed by atoms with Crippen LogP contribution in [0.1, 0.15) is 25.3 Å².